The Morgan fingerprint density at radius 2 is 1.65 bits per heavy atom. The normalized spacial score (nSPS) is 13.2. The fourth-order valence-corrected chi connectivity index (χ4v) is 4.23. The summed E-state index contributed by atoms with van der Waals surface area (Å²) in [5.74, 6) is -0.676. The molecule has 0 saturated carbocycles. The van der Waals surface area contributed by atoms with Crippen LogP contribution in [0.4, 0.5) is 5.69 Å². The highest BCUT2D eigenvalue weighted by molar-refractivity contribution is 6.31. The number of halogens is 1. The highest BCUT2D eigenvalue weighted by Gasteiger charge is 2.25. The number of aromatic nitrogens is 2. The molecule has 4 aromatic rings. The van der Waals surface area contributed by atoms with E-state index >= 15 is 0 Å². The van der Waals surface area contributed by atoms with Crippen LogP contribution in [0.2, 0.25) is 5.02 Å². The van der Waals surface area contributed by atoms with E-state index in [4.69, 9.17) is 11.6 Å². The first-order valence-electron chi connectivity index (χ1n) is 10.00. The lowest BCUT2D eigenvalue weighted by molar-refractivity contribution is 0.0939. The van der Waals surface area contributed by atoms with Gasteiger partial charge < -0.3 is 10.6 Å². The van der Waals surface area contributed by atoms with Crippen LogP contribution in [0, 0.1) is 0 Å². The molecular weight excluding hydrogens is 412 g/mol. The summed E-state index contributed by atoms with van der Waals surface area (Å²) in [7, 11) is 0. The van der Waals surface area contributed by atoms with Crippen LogP contribution in [0.5, 0.6) is 0 Å². The molecule has 0 atom stereocenters. The topological polar surface area (TPSA) is 86.9 Å². The number of hydrogen-bond acceptors (Lipinski definition) is 3. The molecule has 1 aliphatic carbocycles. The molecule has 31 heavy (non-hydrogen) atoms. The van der Waals surface area contributed by atoms with Crippen LogP contribution < -0.4 is 10.6 Å². The van der Waals surface area contributed by atoms with Gasteiger partial charge in [-0.2, -0.15) is 5.10 Å². The lowest BCUT2D eigenvalue weighted by Gasteiger charge is -2.15. The lowest BCUT2D eigenvalue weighted by atomic mass is 10.1. The van der Waals surface area contributed by atoms with Crippen LogP contribution >= 0.6 is 11.6 Å². The number of fused-ring (bicyclic) bond motifs is 2. The van der Waals surface area contributed by atoms with Crippen molar-refractivity contribution in [3.63, 3.8) is 0 Å². The number of carbonyl (C=O) groups is 2. The van der Waals surface area contributed by atoms with E-state index in [9.17, 15) is 9.59 Å². The number of benzene rings is 3. The average molecular weight is 431 g/mol. The molecule has 1 aromatic heterocycles. The minimum atomic E-state index is -0.401. The fourth-order valence-electron chi connectivity index (χ4n) is 4.06. The predicted molar refractivity (Wildman–Crippen MR) is 121 cm³/mol. The van der Waals surface area contributed by atoms with Crippen LogP contribution in [0.25, 0.3) is 10.9 Å². The molecule has 0 spiro atoms. The molecule has 0 unspecified atom stereocenters. The smallest absolute Gasteiger partial charge is 0.276 e. The predicted octanol–water partition coefficient (Wildman–Crippen LogP) is 4.37. The summed E-state index contributed by atoms with van der Waals surface area (Å²) in [5.41, 5.74) is 4.23. The SMILES string of the molecule is O=C(NC1Cc2ccccc2C1)c1cc(Cl)ccc1NC(=O)c1n[nH]c2ccccc12. The molecule has 0 aliphatic heterocycles. The second kappa shape index (κ2) is 7.89. The summed E-state index contributed by atoms with van der Waals surface area (Å²) in [6.07, 6.45) is 1.56. The van der Waals surface area contributed by atoms with Gasteiger partial charge in [-0.05, 0) is 48.2 Å². The van der Waals surface area contributed by atoms with Crippen molar-refractivity contribution in [2.45, 2.75) is 18.9 Å². The summed E-state index contributed by atoms with van der Waals surface area (Å²) >= 11 is 6.15. The molecule has 1 aliphatic rings. The first-order valence-corrected chi connectivity index (χ1v) is 10.4. The Kier molecular flexibility index (Phi) is 4.92. The molecule has 154 valence electrons. The molecule has 0 fully saturated rings. The lowest BCUT2D eigenvalue weighted by Crippen LogP contribution is -2.35. The van der Waals surface area contributed by atoms with Gasteiger partial charge in [-0.15, -0.1) is 0 Å². The van der Waals surface area contributed by atoms with Crippen molar-refractivity contribution >= 4 is 40.0 Å². The van der Waals surface area contributed by atoms with Gasteiger partial charge in [-0.3, -0.25) is 14.7 Å². The maximum atomic E-state index is 13.1. The van der Waals surface area contributed by atoms with Crippen LogP contribution in [0.3, 0.4) is 0 Å². The number of nitrogens with zero attached hydrogens (tertiary/aromatic N) is 1. The van der Waals surface area contributed by atoms with E-state index in [1.54, 1.807) is 18.2 Å². The maximum Gasteiger partial charge on any atom is 0.276 e. The number of nitrogens with one attached hydrogen (secondary N) is 3. The quantitative estimate of drug-likeness (QED) is 0.449. The average Bonchev–Trinajstić information content (AvgIpc) is 3.38. The monoisotopic (exact) mass is 430 g/mol. The Balaban J connectivity index is 1.37. The van der Waals surface area contributed by atoms with Gasteiger partial charge in [0.2, 0.25) is 0 Å². The van der Waals surface area contributed by atoms with Crippen molar-refractivity contribution in [1.82, 2.24) is 15.5 Å². The highest BCUT2D eigenvalue weighted by atomic mass is 35.5. The Labute approximate surface area is 183 Å². The molecule has 7 heteroatoms. The molecule has 3 aromatic carbocycles. The number of carbonyl (C=O) groups excluding carboxylic acids is 2. The first-order chi connectivity index (χ1) is 15.1. The van der Waals surface area contributed by atoms with Gasteiger partial charge in [0.15, 0.2) is 5.69 Å². The van der Waals surface area contributed by atoms with E-state index in [0.717, 1.165) is 18.4 Å². The number of hydrogen-bond donors (Lipinski definition) is 3. The van der Waals surface area contributed by atoms with E-state index in [2.05, 4.69) is 33.0 Å². The number of aromatic amines is 1. The van der Waals surface area contributed by atoms with Crippen molar-refractivity contribution in [3.8, 4) is 0 Å². The largest absolute Gasteiger partial charge is 0.349 e. The van der Waals surface area contributed by atoms with Gasteiger partial charge in [0, 0.05) is 16.5 Å². The van der Waals surface area contributed by atoms with E-state index in [1.807, 2.05) is 36.4 Å². The summed E-state index contributed by atoms with van der Waals surface area (Å²) in [6, 6.07) is 20.4. The third-order valence-corrected chi connectivity index (χ3v) is 5.78. The number of rotatable bonds is 4. The van der Waals surface area contributed by atoms with E-state index < -0.39 is 5.91 Å². The Hall–Kier alpha value is -3.64. The van der Waals surface area contributed by atoms with Gasteiger partial charge >= 0.3 is 0 Å². The highest BCUT2D eigenvalue weighted by Crippen LogP contribution is 2.25. The van der Waals surface area contributed by atoms with E-state index in [-0.39, 0.29) is 17.6 Å². The molecular formula is C24H19ClN4O2. The summed E-state index contributed by atoms with van der Waals surface area (Å²) in [6.45, 7) is 0. The molecule has 3 N–H and O–H groups in total. The Bertz CT molecular complexity index is 1290. The van der Waals surface area contributed by atoms with Gasteiger partial charge in [0.25, 0.3) is 11.8 Å². The summed E-state index contributed by atoms with van der Waals surface area (Å²) in [5, 5.41) is 14.0. The minimum Gasteiger partial charge on any atom is -0.349 e. The van der Waals surface area contributed by atoms with Gasteiger partial charge in [-0.1, -0.05) is 54.1 Å². The Morgan fingerprint density at radius 3 is 2.42 bits per heavy atom. The second-order valence-electron chi connectivity index (χ2n) is 7.61. The van der Waals surface area contributed by atoms with Gasteiger partial charge in [0.1, 0.15) is 0 Å². The number of H-pyrrole nitrogens is 1. The van der Waals surface area contributed by atoms with E-state index in [0.29, 0.717) is 21.7 Å². The molecule has 0 saturated heterocycles. The molecule has 6 nitrogen and oxygen atoms in total. The van der Waals surface area contributed by atoms with Crippen molar-refractivity contribution in [3.05, 3.63) is 94.1 Å². The van der Waals surface area contributed by atoms with Crippen LogP contribution in [-0.2, 0) is 12.8 Å². The molecule has 5 rings (SSSR count). The van der Waals surface area contributed by atoms with Crippen molar-refractivity contribution in [1.29, 1.82) is 0 Å². The minimum absolute atomic E-state index is 0.00252. The van der Waals surface area contributed by atoms with E-state index in [1.165, 1.54) is 11.1 Å². The summed E-state index contributed by atoms with van der Waals surface area (Å²) in [4.78, 5) is 25.9. The first kappa shape index (κ1) is 19.3. The Morgan fingerprint density at radius 1 is 0.935 bits per heavy atom. The number of para-hydroxylation sites is 1. The maximum absolute atomic E-state index is 13.1. The zero-order chi connectivity index (χ0) is 21.4. The standard InChI is InChI=1S/C24H19ClN4O2/c25-16-9-10-20(27-24(31)22-18-7-3-4-8-21(18)28-29-22)19(13-16)23(30)26-17-11-14-5-1-2-6-15(14)12-17/h1-10,13,17H,11-12H2,(H,26,30)(H,27,31)(H,28,29). The molecule has 1 heterocycles. The van der Waals surface area contributed by atoms with Crippen LogP contribution in [0.1, 0.15) is 32.0 Å². The molecule has 2 amide bonds. The van der Waals surface area contributed by atoms with Gasteiger partial charge in [-0.25, -0.2) is 0 Å². The van der Waals surface area contributed by atoms with Crippen LogP contribution in [0.15, 0.2) is 66.7 Å². The van der Waals surface area contributed by atoms with Crippen molar-refractivity contribution in [2.24, 2.45) is 0 Å². The second-order valence-corrected chi connectivity index (χ2v) is 8.05. The zero-order valence-electron chi connectivity index (χ0n) is 16.5. The number of amides is 2. The fraction of sp³-hybridized carbons (Fsp3) is 0.125. The molecule has 0 radical (unpaired) electrons. The van der Waals surface area contributed by atoms with Crippen LogP contribution in [-0.4, -0.2) is 28.1 Å². The molecule has 0 bridgehead atoms. The third kappa shape index (κ3) is 3.78. The number of anilines is 1. The van der Waals surface area contributed by atoms with Gasteiger partial charge in [0.05, 0.1) is 16.8 Å². The zero-order valence-corrected chi connectivity index (χ0v) is 17.2. The van der Waals surface area contributed by atoms with Crippen molar-refractivity contribution in [2.75, 3.05) is 5.32 Å². The summed E-state index contributed by atoms with van der Waals surface area (Å²) < 4.78 is 0. The third-order valence-electron chi connectivity index (χ3n) is 5.55. The van der Waals surface area contributed by atoms with Crippen molar-refractivity contribution < 1.29 is 9.59 Å².